The minimum atomic E-state index is -0.553. The number of piperidine rings is 1. The van der Waals surface area contributed by atoms with Crippen molar-refractivity contribution in [3.05, 3.63) is 50.0 Å². The third-order valence-electron chi connectivity index (χ3n) is 4.31. The van der Waals surface area contributed by atoms with E-state index in [1.54, 1.807) is 0 Å². The lowest BCUT2D eigenvalue weighted by molar-refractivity contribution is -0.384. The number of anilines is 1. The number of likely N-dealkylation sites (tertiary alicyclic amines) is 1. The molecule has 138 valence electrons. The molecule has 1 fully saturated rings. The van der Waals surface area contributed by atoms with Crippen LogP contribution < -0.4 is 5.32 Å². The maximum absolute atomic E-state index is 12.3. The topological polar surface area (TPSA) is 88.4 Å². The zero-order chi connectivity index (χ0) is 18.7. The van der Waals surface area contributed by atoms with Crippen LogP contribution in [0.25, 0.3) is 0 Å². The molecule has 1 aromatic carbocycles. The monoisotopic (exact) mass is 394 g/mol. The molecule has 1 aliphatic heterocycles. The molecule has 2 heterocycles. The summed E-state index contributed by atoms with van der Waals surface area (Å²) in [5.41, 5.74) is 0.951. The predicted molar refractivity (Wildman–Crippen MR) is 102 cm³/mol. The number of hydrogen-bond donors (Lipinski definition) is 1. The summed E-state index contributed by atoms with van der Waals surface area (Å²) in [6.45, 7) is 5.17. The van der Waals surface area contributed by atoms with E-state index in [0.717, 1.165) is 25.3 Å². The van der Waals surface area contributed by atoms with E-state index in [9.17, 15) is 14.9 Å². The highest BCUT2D eigenvalue weighted by Gasteiger charge is 2.19. The van der Waals surface area contributed by atoms with Crippen LogP contribution in [-0.4, -0.2) is 33.8 Å². The van der Waals surface area contributed by atoms with Crippen LogP contribution in [0.5, 0.6) is 0 Å². The van der Waals surface area contributed by atoms with Crippen LogP contribution in [0.1, 0.15) is 35.8 Å². The van der Waals surface area contributed by atoms with E-state index >= 15 is 0 Å². The van der Waals surface area contributed by atoms with E-state index < -0.39 is 10.8 Å². The summed E-state index contributed by atoms with van der Waals surface area (Å²) in [5, 5.41) is 15.9. The summed E-state index contributed by atoms with van der Waals surface area (Å²) in [6, 6.07) is 3.77. The van der Waals surface area contributed by atoms with Crippen molar-refractivity contribution in [1.82, 2.24) is 9.88 Å². The van der Waals surface area contributed by atoms with E-state index in [1.807, 2.05) is 5.38 Å². The Labute approximate surface area is 160 Å². The van der Waals surface area contributed by atoms with E-state index in [4.69, 9.17) is 11.6 Å². The smallest absolute Gasteiger partial charge is 0.270 e. The van der Waals surface area contributed by atoms with Crippen molar-refractivity contribution in [2.45, 2.75) is 26.3 Å². The van der Waals surface area contributed by atoms with Crippen LogP contribution in [0.15, 0.2) is 23.6 Å². The molecular weight excluding hydrogens is 376 g/mol. The van der Waals surface area contributed by atoms with Gasteiger partial charge in [-0.2, -0.15) is 0 Å². The first-order chi connectivity index (χ1) is 12.4. The number of carbonyl (C=O) groups excluding carboxylic acids is 1. The number of benzene rings is 1. The van der Waals surface area contributed by atoms with Crippen LogP contribution in [0, 0.1) is 16.0 Å². The lowest BCUT2D eigenvalue weighted by Crippen LogP contribution is -2.33. The van der Waals surface area contributed by atoms with E-state index in [0.29, 0.717) is 11.0 Å². The molecule has 0 radical (unpaired) electrons. The van der Waals surface area contributed by atoms with E-state index in [2.05, 4.69) is 22.1 Å². The number of non-ortho nitro benzene ring substituents is 1. The molecule has 1 aliphatic rings. The summed E-state index contributed by atoms with van der Waals surface area (Å²) in [7, 11) is 0. The minimum absolute atomic E-state index is 0.0378. The fraction of sp³-hybridized carbons (Fsp3) is 0.412. The predicted octanol–water partition coefficient (Wildman–Crippen LogP) is 4.19. The Morgan fingerprint density at radius 2 is 2.35 bits per heavy atom. The average molecular weight is 395 g/mol. The fourth-order valence-electron chi connectivity index (χ4n) is 3.06. The number of carbonyl (C=O) groups is 1. The van der Waals surface area contributed by atoms with Crippen molar-refractivity contribution in [3.8, 4) is 0 Å². The standard InChI is InChI=1S/C17H19ClN4O3S/c1-11-3-2-6-21(8-11)9-12-10-26-17(19-12)20-16(23)14-5-4-13(22(24)25)7-15(14)18/h4-5,7,10-11H,2-3,6,8-9H2,1H3,(H,19,20,23). The molecule has 0 saturated carbocycles. The minimum Gasteiger partial charge on any atom is -0.298 e. The highest BCUT2D eigenvalue weighted by molar-refractivity contribution is 7.14. The molecule has 1 atom stereocenters. The average Bonchev–Trinajstić information content (AvgIpc) is 3.01. The molecule has 26 heavy (non-hydrogen) atoms. The number of hydrogen-bond acceptors (Lipinski definition) is 6. The van der Waals surface area contributed by atoms with Gasteiger partial charge in [0.2, 0.25) is 0 Å². The zero-order valence-corrected chi connectivity index (χ0v) is 15.8. The second-order valence-corrected chi connectivity index (χ2v) is 7.77. The largest absolute Gasteiger partial charge is 0.298 e. The Bertz CT molecular complexity index is 826. The lowest BCUT2D eigenvalue weighted by Gasteiger charge is -2.30. The van der Waals surface area contributed by atoms with Gasteiger partial charge in [0.1, 0.15) is 0 Å². The second-order valence-electron chi connectivity index (χ2n) is 6.50. The first-order valence-electron chi connectivity index (χ1n) is 8.34. The SMILES string of the molecule is CC1CCCN(Cc2csc(NC(=O)c3ccc([N+](=O)[O-])cc3Cl)n2)C1. The first kappa shape index (κ1) is 18.8. The number of aromatic nitrogens is 1. The van der Waals surface area contributed by atoms with Crippen molar-refractivity contribution >= 4 is 39.7 Å². The molecule has 0 bridgehead atoms. The molecule has 1 aromatic heterocycles. The number of nitro groups is 1. The number of nitrogens with zero attached hydrogens (tertiary/aromatic N) is 3. The van der Waals surface area contributed by atoms with Gasteiger partial charge in [0.15, 0.2) is 5.13 Å². The van der Waals surface area contributed by atoms with Gasteiger partial charge in [-0.05, 0) is 31.4 Å². The first-order valence-corrected chi connectivity index (χ1v) is 9.60. The van der Waals surface area contributed by atoms with Gasteiger partial charge in [0.05, 0.1) is 21.2 Å². The van der Waals surface area contributed by atoms with E-state index in [1.165, 1.54) is 42.4 Å². The van der Waals surface area contributed by atoms with Crippen LogP contribution in [-0.2, 0) is 6.54 Å². The number of thiazole rings is 1. The second kappa shape index (κ2) is 8.11. The number of nitro benzene ring substituents is 1. The van der Waals surface area contributed by atoms with Crippen molar-refractivity contribution in [1.29, 1.82) is 0 Å². The molecule has 1 N–H and O–H groups in total. The van der Waals surface area contributed by atoms with Crippen LogP contribution in [0.3, 0.4) is 0 Å². The molecule has 1 saturated heterocycles. The van der Waals surface area contributed by atoms with E-state index in [-0.39, 0.29) is 16.3 Å². The maximum atomic E-state index is 12.3. The summed E-state index contributed by atoms with van der Waals surface area (Å²) in [5.74, 6) is 0.267. The highest BCUT2D eigenvalue weighted by Crippen LogP contribution is 2.25. The van der Waals surface area contributed by atoms with Gasteiger partial charge in [-0.15, -0.1) is 11.3 Å². The molecule has 1 amide bonds. The van der Waals surface area contributed by atoms with Crippen molar-refractivity contribution in [2.75, 3.05) is 18.4 Å². The van der Waals surface area contributed by atoms with Crippen molar-refractivity contribution < 1.29 is 9.72 Å². The molecular formula is C17H19ClN4O3S. The summed E-state index contributed by atoms with van der Waals surface area (Å²) in [6.07, 6.45) is 2.47. The molecule has 2 aromatic rings. The molecule has 1 unspecified atom stereocenters. The molecule has 3 rings (SSSR count). The molecule has 0 aliphatic carbocycles. The van der Waals surface area contributed by atoms with Gasteiger partial charge in [0, 0.05) is 30.6 Å². The Morgan fingerprint density at radius 3 is 3.04 bits per heavy atom. The molecule has 9 heteroatoms. The van der Waals surface area contributed by atoms with Crippen molar-refractivity contribution in [2.24, 2.45) is 5.92 Å². The number of nitrogens with one attached hydrogen (secondary N) is 1. The normalized spacial score (nSPS) is 17.8. The number of amides is 1. The summed E-state index contributed by atoms with van der Waals surface area (Å²) < 4.78 is 0. The van der Waals surface area contributed by atoms with Gasteiger partial charge in [0.25, 0.3) is 11.6 Å². The molecule has 0 spiro atoms. The fourth-order valence-corrected chi connectivity index (χ4v) is 4.02. The Hall–Kier alpha value is -2.03. The third-order valence-corrected chi connectivity index (χ3v) is 5.43. The molecule has 7 nitrogen and oxygen atoms in total. The van der Waals surface area contributed by atoms with Gasteiger partial charge in [-0.1, -0.05) is 18.5 Å². The Morgan fingerprint density at radius 1 is 1.54 bits per heavy atom. The zero-order valence-electron chi connectivity index (χ0n) is 14.3. The van der Waals surface area contributed by atoms with Crippen LogP contribution >= 0.6 is 22.9 Å². The third kappa shape index (κ3) is 4.57. The van der Waals surface area contributed by atoms with Crippen LogP contribution in [0.4, 0.5) is 10.8 Å². The lowest BCUT2D eigenvalue weighted by atomic mass is 10.0. The summed E-state index contributed by atoms with van der Waals surface area (Å²) in [4.78, 5) is 29.4. The number of halogens is 1. The van der Waals surface area contributed by atoms with Gasteiger partial charge in [-0.3, -0.25) is 25.1 Å². The van der Waals surface area contributed by atoms with Crippen LogP contribution in [0.2, 0.25) is 5.02 Å². The maximum Gasteiger partial charge on any atom is 0.270 e. The van der Waals surface area contributed by atoms with Gasteiger partial charge in [-0.25, -0.2) is 4.98 Å². The summed E-state index contributed by atoms with van der Waals surface area (Å²) >= 11 is 7.35. The quantitative estimate of drug-likeness (QED) is 0.606. The number of rotatable bonds is 5. The Balaban J connectivity index is 1.63. The Kier molecular flexibility index (Phi) is 5.85. The van der Waals surface area contributed by atoms with Crippen molar-refractivity contribution in [3.63, 3.8) is 0 Å². The van der Waals surface area contributed by atoms with Gasteiger partial charge >= 0.3 is 0 Å². The van der Waals surface area contributed by atoms with Gasteiger partial charge < -0.3 is 0 Å². The highest BCUT2D eigenvalue weighted by atomic mass is 35.5.